The van der Waals surface area contributed by atoms with Gasteiger partial charge in [-0.05, 0) is 35.4 Å². The van der Waals surface area contributed by atoms with Crippen molar-refractivity contribution in [2.24, 2.45) is 0 Å². The van der Waals surface area contributed by atoms with Gasteiger partial charge in [-0.2, -0.15) is 0 Å². The maximum atomic E-state index is 12.7. The number of hydrogen-bond acceptors (Lipinski definition) is 1. The third-order valence-electron chi connectivity index (χ3n) is 4.63. The topological polar surface area (TPSA) is 44.9 Å². The number of aromatic amines is 1. The first-order chi connectivity index (χ1) is 12.8. The molecule has 0 atom stereocenters. The lowest BCUT2D eigenvalue weighted by molar-refractivity contribution is -0.116. The van der Waals surface area contributed by atoms with Gasteiger partial charge in [0.25, 0.3) is 0 Å². The lowest BCUT2D eigenvalue weighted by Gasteiger charge is -2.18. The first-order valence-corrected chi connectivity index (χ1v) is 8.76. The average molecular weight is 340 g/mol. The molecule has 128 valence electrons. The van der Waals surface area contributed by atoms with E-state index in [9.17, 15) is 4.79 Å². The Balaban J connectivity index is 1.56. The van der Waals surface area contributed by atoms with E-state index in [1.165, 1.54) is 0 Å². The second kappa shape index (κ2) is 7.28. The van der Waals surface area contributed by atoms with Gasteiger partial charge in [-0.15, -0.1) is 0 Å². The summed E-state index contributed by atoms with van der Waals surface area (Å²) in [6, 6.07) is 28.3. The summed E-state index contributed by atoms with van der Waals surface area (Å²) in [6.45, 7) is 0. The number of rotatable bonds is 5. The van der Waals surface area contributed by atoms with Crippen molar-refractivity contribution in [1.29, 1.82) is 0 Å². The molecule has 0 aliphatic rings. The number of benzene rings is 3. The van der Waals surface area contributed by atoms with Crippen LogP contribution in [-0.2, 0) is 4.79 Å². The van der Waals surface area contributed by atoms with Crippen molar-refractivity contribution in [3.63, 3.8) is 0 Å². The van der Waals surface area contributed by atoms with E-state index in [1.54, 1.807) is 0 Å². The van der Waals surface area contributed by atoms with E-state index in [4.69, 9.17) is 0 Å². The van der Waals surface area contributed by atoms with Crippen LogP contribution < -0.4 is 5.32 Å². The molecule has 0 spiro atoms. The molecule has 0 saturated carbocycles. The van der Waals surface area contributed by atoms with Gasteiger partial charge in [0.05, 0.1) is 0 Å². The highest BCUT2D eigenvalue weighted by Gasteiger charge is 2.18. The Labute approximate surface area is 152 Å². The molecule has 0 saturated heterocycles. The maximum Gasteiger partial charge on any atom is 0.225 e. The molecule has 1 heterocycles. The zero-order chi connectivity index (χ0) is 17.8. The van der Waals surface area contributed by atoms with E-state index in [1.807, 2.05) is 66.9 Å². The highest BCUT2D eigenvalue weighted by molar-refractivity contribution is 5.94. The number of carbonyl (C=O) groups is 1. The first kappa shape index (κ1) is 16.2. The van der Waals surface area contributed by atoms with Crippen molar-refractivity contribution < 1.29 is 4.79 Å². The molecule has 0 bridgehead atoms. The Morgan fingerprint density at radius 3 is 2.15 bits per heavy atom. The van der Waals surface area contributed by atoms with E-state index in [0.29, 0.717) is 6.42 Å². The van der Waals surface area contributed by atoms with Crippen LogP contribution in [0.4, 0.5) is 5.69 Å². The van der Waals surface area contributed by atoms with E-state index in [-0.39, 0.29) is 11.8 Å². The highest BCUT2D eigenvalue weighted by Crippen LogP contribution is 2.28. The number of nitrogens with one attached hydrogen (secondary N) is 2. The summed E-state index contributed by atoms with van der Waals surface area (Å²) in [6.07, 6.45) is 2.30. The SMILES string of the molecule is O=C(CC(c1ccccc1)c1ccccc1)Nc1ccc2[nH]ccc2c1. The van der Waals surface area contributed by atoms with E-state index >= 15 is 0 Å². The van der Waals surface area contributed by atoms with Crippen LogP contribution in [0.25, 0.3) is 10.9 Å². The predicted octanol–water partition coefficient (Wildman–Crippen LogP) is 5.33. The molecular weight excluding hydrogens is 320 g/mol. The molecule has 26 heavy (non-hydrogen) atoms. The zero-order valence-electron chi connectivity index (χ0n) is 14.4. The van der Waals surface area contributed by atoms with Gasteiger partial charge >= 0.3 is 0 Å². The number of fused-ring (bicyclic) bond motifs is 1. The molecular formula is C23H20N2O. The van der Waals surface area contributed by atoms with Crippen LogP contribution in [0.3, 0.4) is 0 Å². The molecule has 1 aromatic heterocycles. The predicted molar refractivity (Wildman–Crippen MR) is 106 cm³/mol. The van der Waals surface area contributed by atoms with Crippen molar-refractivity contribution in [1.82, 2.24) is 4.98 Å². The molecule has 0 aliphatic heterocycles. The van der Waals surface area contributed by atoms with Crippen LogP contribution in [0.5, 0.6) is 0 Å². The fourth-order valence-corrected chi connectivity index (χ4v) is 3.33. The summed E-state index contributed by atoms with van der Waals surface area (Å²) < 4.78 is 0. The van der Waals surface area contributed by atoms with E-state index in [0.717, 1.165) is 27.7 Å². The fraction of sp³-hybridized carbons (Fsp3) is 0.0870. The Hall–Kier alpha value is -3.33. The number of amides is 1. The number of carbonyl (C=O) groups excluding carboxylic acids is 1. The number of hydrogen-bond donors (Lipinski definition) is 2. The van der Waals surface area contributed by atoms with Gasteiger partial charge in [-0.3, -0.25) is 4.79 Å². The minimum Gasteiger partial charge on any atom is -0.361 e. The molecule has 0 unspecified atom stereocenters. The van der Waals surface area contributed by atoms with Crippen molar-refractivity contribution in [3.8, 4) is 0 Å². The molecule has 0 fully saturated rings. The minimum atomic E-state index is 0.0117. The summed E-state index contributed by atoms with van der Waals surface area (Å²) in [5.41, 5.74) is 4.18. The third-order valence-corrected chi connectivity index (χ3v) is 4.63. The van der Waals surface area contributed by atoms with Gasteiger partial charge in [0, 0.05) is 35.1 Å². The Bertz CT molecular complexity index is 967. The Morgan fingerprint density at radius 1 is 0.846 bits per heavy atom. The third kappa shape index (κ3) is 3.52. The summed E-state index contributed by atoms with van der Waals surface area (Å²) >= 11 is 0. The molecule has 0 aliphatic carbocycles. The van der Waals surface area contributed by atoms with Gasteiger partial charge < -0.3 is 10.3 Å². The molecule has 4 aromatic rings. The van der Waals surface area contributed by atoms with Crippen molar-refractivity contribution in [2.45, 2.75) is 12.3 Å². The molecule has 3 heteroatoms. The zero-order valence-corrected chi connectivity index (χ0v) is 14.4. The summed E-state index contributed by atoms with van der Waals surface area (Å²) in [5.74, 6) is 0.0472. The van der Waals surface area contributed by atoms with Gasteiger partial charge in [-0.1, -0.05) is 60.7 Å². The molecule has 0 radical (unpaired) electrons. The normalized spacial score (nSPS) is 11.0. The largest absolute Gasteiger partial charge is 0.361 e. The smallest absolute Gasteiger partial charge is 0.225 e. The monoisotopic (exact) mass is 340 g/mol. The number of anilines is 1. The lowest BCUT2D eigenvalue weighted by atomic mass is 9.88. The molecule has 3 aromatic carbocycles. The van der Waals surface area contributed by atoms with Gasteiger partial charge in [-0.25, -0.2) is 0 Å². The second-order valence-electron chi connectivity index (χ2n) is 6.41. The molecule has 2 N–H and O–H groups in total. The molecule has 3 nitrogen and oxygen atoms in total. The summed E-state index contributed by atoms with van der Waals surface area (Å²) in [4.78, 5) is 15.9. The number of aromatic nitrogens is 1. The minimum absolute atomic E-state index is 0.0117. The number of H-pyrrole nitrogens is 1. The Morgan fingerprint density at radius 2 is 1.50 bits per heavy atom. The summed E-state index contributed by atoms with van der Waals surface area (Å²) in [7, 11) is 0. The standard InChI is InChI=1S/C23H20N2O/c26-23(25-20-11-12-22-19(15-20)13-14-24-22)16-21(17-7-3-1-4-8-17)18-9-5-2-6-10-18/h1-15,21,24H,16H2,(H,25,26). The maximum absolute atomic E-state index is 12.7. The van der Waals surface area contributed by atoms with Crippen molar-refractivity contribution in [2.75, 3.05) is 5.32 Å². The average Bonchev–Trinajstić information content (AvgIpc) is 3.15. The van der Waals surface area contributed by atoms with Gasteiger partial charge in [0.2, 0.25) is 5.91 Å². The van der Waals surface area contributed by atoms with E-state index in [2.05, 4.69) is 34.6 Å². The van der Waals surface area contributed by atoms with Crippen LogP contribution in [0.1, 0.15) is 23.5 Å². The van der Waals surface area contributed by atoms with Crippen LogP contribution >= 0.6 is 0 Å². The second-order valence-corrected chi connectivity index (χ2v) is 6.41. The van der Waals surface area contributed by atoms with Crippen LogP contribution in [0.15, 0.2) is 91.1 Å². The fourth-order valence-electron chi connectivity index (χ4n) is 3.33. The summed E-state index contributed by atoms with van der Waals surface area (Å²) in [5, 5.41) is 4.13. The van der Waals surface area contributed by atoms with Crippen LogP contribution in [-0.4, -0.2) is 10.9 Å². The van der Waals surface area contributed by atoms with E-state index < -0.39 is 0 Å². The molecule has 4 rings (SSSR count). The Kier molecular flexibility index (Phi) is 4.52. The van der Waals surface area contributed by atoms with Crippen molar-refractivity contribution in [3.05, 3.63) is 102 Å². The quantitative estimate of drug-likeness (QED) is 0.507. The first-order valence-electron chi connectivity index (χ1n) is 8.76. The van der Waals surface area contributed by atoms with Crippen LogP contribution in [0, 0.1) is 0 Å². The molecule has 1 amide bonds. The highest BCUT2D eigenvalue weighted by atomic mass is 16.1. The van der Waals surface area contributed by atoms with Crippen molar-refractivity contribution >= 4 is 22.5 Å². The van der Waals surface area contributed by atoms with Crippen LogP contribution in [0.2, 0.25) is 0 Å². The van der Waals surface area contributed by atoms with Gasteiger partial charge in [0.15, 0.2) is 0 Å². The lowest BCUT2D eigenvalue weighted by Crippen LogP contribution is -2.16. The van der Waals surface area contributed by atoms with Gasteiger partial charge in [0.1, 0.15) is 0 Å².